The Bertz CT molecular complexity index is 142. The molecule has 0 heterocycles. The summed E-state index contributed by atoms with van der Waals surface area (Å²) in [7, 11) is 0. The quantitative estimate of drug-likeness (QED) is 0.347. The maximum absolute atomic E-state index is 2.29. The SMILES string of the molecule is CCC/C=C/C=C/CCCCCCC. The van der Waals surface area contributed by atoms with Crippen LogP contribution in [0.5, 0.6) is 0 Å². The van der Waals surface area contributed by atoms with Crippen molar-refractivity contribution in [3.63, 3.8) is 0 Å². The van der Waals surface area contributed by atoms with Gasteiger partial charge >= 0.3 is 0 Å². The molecule has 0 bridgehead atoms. The fourth-order valence-corrected chi connectivity index (χ4v) is 1.38. The van der Waals surface area contributed by atoms with Crippen LogP contribution in [0.2, 0.25) is 0 Å². The number of allylic oxidation sites excluding steroid dienone is 4. The number of unbranched alkanes of at least 4 members (excludes halogenated alkanes) is 6. The lowest BCUT2D eigenvalue weighted by atomic mass is 10.1. The topological polar surface area (TPSA) is 0 Å². The molecular formula is C14H26. The van der Waals surface area contributed by atoms with Crippen LogP contribution in [0.25, 0.3) is 0 Å². The van der Waals surface area contributed by atoms with Gasteiger partial charge in [-0.15, -0.1) is 0 Å². The lowest BCUT2D eigenvalue weighted by molar-refractivity contribution is 0.637. The molecule has 0 saturated heterocycles. The van der Waals surface area contributed by atoms with Crippen molar-refractivity contribution in [2.75, 3.05) is 0 Å². The van der Waals surface area contributed by atoms with E-state index in [-0.39, 0.29) is 0 Å². The van der Waals surface area contributed by atoms with Crippen molar-refractivity contribution in [2.24, 2.45) is 0 Å². The molecule has 0 aliphatic rings. The van der Waals surface area contributed by atoms with Crippen molar-refractivity contribution in [3.8, 4) is 0 Å². The maximum atomic E-state index is 2.29. The molecule has 0 atom stereocenters. The Morgan fingerprint density at radius 1 is 0.643 bits per heavy atom. The minimum Gasteiger partial charge on any atom is -0.0846 e. The molecule has 0 radical (unpaired) electrons. The second-order valence-corrected chi connectivity index (χ2v) is 3.85. The summed E-state index contributed by atoms with van der Waals surface area (Å²) < 4.78 is 0. The molecule has 0 spiro atoms. The van der Waals surface area contributed by atoms with Crippen molar-refractivity contribution < 1.29 is 0 Å². The first-order chi connectivity index (χ1) is 6.91. The molecule has 0 N–H and O–H groups in total. The summed E-state index contributed by atoms with van der Waals surface area (Å²) in [5.41, 5.74) is 0. The summed E-state index contributed by atoms with van der Waals surface area (Å²) in [5, 5.41) is 0. The summed E-state index contributed by atoms with van der Waals surface area (Å²) in [6.45, 7) is 4.47. The smallest absolute Gasteiger partial charge is 0.0348 e. The zero-order chi connectivity index (χ0) is 10.5. The third-order valence-corrected chi connectivity index (χ3v) is 2.31. The monoisotopic (exact) mass is 194 g/mol. The van der Waals surface area contributed by atoms with Gasteiger partial charge in [-0.1, -0.05) is 70.3 Å². The first kappa shape index (κ1) is 13.5. The van der Waals surface area contributed by atoms with E-state index in [9.17, 15) is 0 Å². The summed E-state index contributed by atoms with van der Waals surface area (Å²) in [4.78, 5) is 0. The van der Waals surface area contributed by atoms with Crippen molar-refractivity contribution >= 4 is 0 Å². The summed E-state index contributed by atoms with van der Waals surface area (Å²) in [5.74, 6) is 0. The standard InChI is InChI=1S/C14H26/c1-3-5-7-9-11-13-14-12-10-8-6-4-2/h7,9,11,13H,3-6,8,10,12,14H2,1-2H3/b9-7+,13-11+. The van der Waals surface area contributed by atoms with Crippen LogP contribution in [0.4, 0.5) is 0 Å². The molecule has 0 nitrogen and oxygen atoms in total. The average molecular weight is 194 g/mol. The van der Waals surface area contributed by atoms with Crippen LogP contribution in [-0.4, -0.2) is 0 Å². The van der Waals surface area contributed by atoms with Gasteiger partial charge in [0.05, 0.1) is 0 Å². The molecule has 0 fully saturated rings. The molecule has 0 aliphatic carbocycles. The van der Waals surface area contributed by atoms with Crippen molar-refractivity contribution in [1.82, 2.24) is 0 Å². The van der Waals surface area contributed by atoms with Gasteiger partial charge in [-0.05, 0) is 19.3 Å². The van der Waals surface area contributed by atoms with E-state index >= 15 is 0 Å². The van der Waals surface area contributed by atoms with Crippen LogP contribution < -0.4 is 0 Å². The van der Waals surface area contributed by atoms with E-state index in [1.54, 1.807) is 0 Å². The van der Waals surface area contributed by atoms with Crippen LogP contribution >= 0.6 is 0 Å². The molecule has 0 aliphatic heterocycles. The number of hydrogen-bond donors (Lipinski definition) is 0. The molecular weight excluding hydrogens is 168 g/mol. The summed E-state index contributed by atoms with van der Waals surface area (Å²) >= 11 is 0. The van der Waals surface area contributed by atoms with Crippen LogP contribution in [0, 0.1) is 0 Å². The molecule has 82 valence electrons. The first-order valence-corrected chi connectivity index (χ1v) is 6.23. The predicted octanol–water partition coefficient (Wildman–Crippen LogP) is 5.26. The third-order valence-electron chi connectivity index (χ3n) is 2.31. The molecule has 0 aromatic carbocycles. The maximum Gasteiger partial charge on any atom is -0.0348 e. The Kier molecular flexibility index (Phi) is 12.0. The van der Waals surface area contributed by atoms with E-state index in [1.165, 1.54) is 51.4 Å². The second kappa shape index (κ2) is 12.5. The lowest BCUT2D eigenvalue weighted by Crippen LogP contribution is -1.75. The molecule has 0 aromatic heterocycles. The third kappa shape index (κ3) is 11.5. The zero-order valence-corrected chi connectivity index (χ0v) is 9.97. The van der Waals surface area contributed by atoms with Gasteiger partial charge in [0.2, 0.25) is 0 Å². The van der Waals surface area contributed by atoms with Gasteiger partial charge in [-0.25, -0.2) is 0 Å². The van der Waals surface area contributed by atoms with Crippen LogP contribution in [0.1, 0.15) is 65.2 Å². The molecule has 0 unspecified atom stereocenters. The summed E-state index contributed by atoms with van der Waals surface area (Å²) in [6.07, 6.45) is 19.5. The Morgan fingerprint density at radius 3 is 1.93 bits per heavy atom. The highest BCUT2D eigenvalue weighted by molar-refractivity contribution is 5.01. The second-order valence-electron chi connectivity index (χ2n) is 3.85. The molecule has 0 aromatic rings. The Balaban J connectivity index is 3.10. The molecule has 0 amide bonds. The van der Waals surface area contributed by atoms with Crippen LogP contribution in [-0.2, 0) is 0 Å². The normalized spacial score (nSPS) is 11.9. The minimum absolute atomic E-state index is 1.21. The average Bonchev–Trinajstić information content (AvgIpc) is 2.21. The van der Waals surface area contributed by atoms with Crippen LogP contribution in [0.15, 0.2) is 24.3 Å². The lowest BCUT2D eigenvalue weighted by Gasteiger charge is -1.95. The highest BCUT2D eigenvalue weighted by Gasteiger charge is 1.85. The van der Waals surface area contributed by atoms with Crippen molar-refractivity contribution in [1.29, 1.82) is 0 Å². The fourth-order valence-electron chi connectivity index (χ4n) is 1.38. The minimum atomic E-state index is 1.21. The molecule has 0 heteroatoms. The summed E-state index contributed by atoms with van der Waals surface area (Å²) in [6, 6.07) is 0. The van der Waals surface area contributed by atoms with E-state index in [2.05, 4.69) is 38.2 Å². The fraction of sp³-hybridized carbons (Fsp3) is 0.714. The largest absolute Gasteiger partial charge is 0.0846 e. The van der Waals surface area contributed by atoms with Gasteiger partial charge < -0.3 is 0 Å². The highest BCUT2D eigenvalue weighted by atomic mass is 13.9. The van der Waals surface area contributed by atoms with Crippen LogP contribution in [0.3, 0.4) is 0 Å². The Morgan fingerprint density at radius 2 is 1.29 bits per heavy atom. The van der Waals surface area contributed by atoms with Gasteiger partial charge in [-0.3, -0.25) is 0 Å². The highest BCUT2D eigenvalue weighted by Crippen LogP contribution is 2.05. The number of hydrogen-bond acceptors (Lipinski definition) is 0. The van der Waals surface area contributed by atoms with Crippen molar-refractivity contribution in [3.05, 3.63) is 24.3 Å². The van der Waals surface area contributed by atoms with Gasteiger partial charge in [0, 0.05) is 0 Å². The van der Waals surface area contributed by atoms with Gasteiger partial charge in [0.1, 0.15) is 0 Å². The van der Waals surface area contributed by atoms with Gasteiger partial charge in [0.15, 0.2) is 0 Å². The van der Waals surface area contributed by atoms with E-state index < -0.39 is 0 Å². The van der Waals surface area contributed by atoms with E-state index in [4.69, 9.17) is 0 Å². The van der Waals surface area contributed by atoms with E-state index in [0.717, 1.165) is 0 Å². The van der Waals surface area contributed by atoms with Gasteiger partial charge in [-0.2, -0.15) is 0 Å². The van der Waals surface area contributed by atoms with E-state index in [0.29, 0.717) is 0 Å². The van der Waals surface area contributed by atoms with E-state index in [1.807, 2.05) is 0 Å². The first-order valence-electron chi connectivity index (χ1n) is 6.23. The molecule has 0 rings (SSSR count). The molecule has 14 heavy (non-hydrogen) atoms. The number of rotatable bonds is 9. The predicted molar refractivity (Wildman–Crippen MR) is 66.6 cm³/mol. The van der Waals surface area contributed by atoms with Gasteiger partial charge in [0.25, 0.3) is 0 Å². The Hall–Kier alpha value is -0.520. The van der Waals surface area contributed by atoms with Crippen molar-refractivity contribution in [2.45, 2.75) is 65.2 Å². The molecule has 0 saturated carbocycles. The zero-order valence-electron chi connectivity index (χ0n) is 9.97. The Labute approximate surface area is 90.1 Å².